The molecule has 0 bridgehead atoms. The molecule has 1 atom stereocenters. The van der Waals surface area contributed by atoms with Gasteiger partial charge >= 0.3 is 8.25 Å². The van der Waals surface area contributed by atoms with E-state index in [9.17, 15) is 4.57 Å². The minimum atomic E-state index is -2.62. The normalized spacial score (nSPS) is 10.9. The van der Waals surface area contributed by atoms with Crippen LogP contribution in [0.25, 0.3) is 6.08 Å². The van der Waals surface area contributed by atoms with Crippen molar-refractivity contribution in [2.45, 2.75) is 0 Å². The van der Waals surface area contributed by atoms with Crippen LogP contribution >= 0.6 is 8.25 Å². The highest BCUT2D eigenvalue weighted by atomic mass is 31.1. The Hall–Kier alpha value is -0.890. The minimum absolute atomic E-state index is 1.17. The molecule has 0 saturated carbocycles. The zero-order valence-electron chi connectivity index (χ0n) is 7.43. The summed E-state index contributed by atoms with van der Waals surface area (Å²) in [6.45, 7) is 3.63. The Bertz CT molecular complexity index is 259. The van der Waals surface area contributed by atoms with Gasteiger partial charge in [-0.25, -0.2) is 0 Å². The molecule has 72 valence electrons. The Labute approximate surface area is 78.6 Å². The lowest BCUT2D eigenvalue weighted by Crippen LogP contribution is -1.63. The lowest BCUT2D eigenvalue weighted by molar-refractivity contribution is 0.343. The van der Waals surface area contributed by atoms with E-state index in [1.165, 1.54) is 12.7 Å². The fourth-order valence-electron chi connectivity index (χ4n) is 0.589. The molecule has 0 radical (unpaired) electrons. The largest absolute Gasteiger partial charge is 0.326 e. The molecule has 1 aromatic rings. The first-order valence-electron chi connectivity index (χ1n) is 3.65. The van der Waals surface area contributed by atoms with Gasteiger partial charge in [-0.15, -0.1) is 0 Å². The van der Waals surface area contributed by atoms with Crippen molar-refractivity contribution < 1.29 is 14.0 Å². The molecule has 0 spiro atoms. The first-order chi connectivity index (χ1) is 6.20. The average Bonchev–Trinajstić information content (AvgIpc) is 2.20. The van der Waals surface area contributed by atoms with E-state index in [1.807, 2.05) is 36.4 Å². The second-order valence-corrected chi connectivity index (χ2v) is 3.02. The summed E-state index contributed by atoms with van der Waals surface area (Å²) in [5.41, 5.74) is 1.17. The molecule has 0 aliphatic carbocycles. The minimum Gasteiger partial charge on any atom is -0.326 e. The van der Waals surface area contributed by atoms with Crippen molar-refractivity contribution in [3.8, 4) is 0 Å². The van der Waals surface area contributed by atoms with Gasteiger partial charge in [0.1, 0.15) is 0 Å². The van der Waals surface area contributed by atoms with E-state index in [0.29, 0.717) is 0 Å². The monoisotopic (exact) mass is 200 g/mol. The van der Waals surface area contributed by atoms with E-state index in [-0.39, 0.29) is 0 Å². The third-order valence-corrected chi connectivity index (χ3v) is 1.56. The predicted molar refractivity (Wildman–Crippen MR) is 54.8 cm³/mol. The Morgan fingerprint density at radius 2 is 1.92 bits per heavy atom. The summed E-state index contributed by atoms with van der Waals surface area (Å²) in [4.78, 5) is 7.69. The fourth-order valence-corrected chi connectivity index (χ4v) is 0.589. The maximum absolute atomic E-state index is 9.33. The highest BCUT2D eigenvalue weighted by molar-refractivity contribution is 7.32. The van der Waals surface area contributed by atoms with Crippen molar-refractivity contribution in [2.75, 3.05) is 7.11 Å². The second kappa shape index (κ2) is 7.74. The predicted octanol–water partition coefficient (Wildman–Crippen LogP) is 2.34. The first kappa shape index (κ1) is 12.1. The molecule has 0 aliphatic heterocycles. The summed E-state index contributed by atoms with van der Waals surface area (Å²) >= 11 is 0. The molecule has 0 saturated heterocycles. The molecule has 1 aromatic carbocycles. The van der Waals surface area contributed by atoms with Crippen LogP contribution in [-0.2, 0) is 9.09 Å². The zero-order valence-corrected chi connectivity index (χ0v) is 8.43. The van der Waals surface area contributed by atoms with Crippen LogP contribution in [0.3, 0.4) is 0 Å². The van der Waals surface area contributed by atoms with E-state index < -0.39 is 8.25 Å². The van der Waals surface area contributed by atoms with Gasteiger partial charge in [-0.2, -0.15) is 0 Å². The van der Waals surface area contributed by atoms with Crippen molar-refractivity contribution in [1.29, 1.82) is 0 Å². The van der Waals surface area contributed by atoms with Crippen molar-refractivity contribution >= 4 is 14.3 Å². The van der Waals surface area contributed by atoms with Crippen LogP contribution < -0.4 is 0 Å². The van der Waals surface area contributed by atoms with Crippen molar-refractivity contribution in [3.05, 3.63) is 42.5 Å². The molecule has 1 N–H and O–H groups in total. The van der Waals surface area contributed by atoms with Gasteiger partial charge in [-0.3, -0.25) is 4.57 Å². The highest BCUT2D eigenvalue weighted by Gasteiger charge is 1.75. The van der Waals surface area contributed by atoms with Gasteiger partial charge in [-0.05, 0) is 5.56 Å². The summed E-state index contributed by atoms with van der Waals surface area (Å²) < 4.78 is 13.2. The summed E-state index contributed by atoms with van der Waals surface area (Å²) in [5, 5.41) is 0. The van der Waals surface area contributed by atoms with E-state index in [0.717, 1.165) is 0 Å². The Morgan fingerprint density at radius 3 is 2.15 bits per heavy atom. The van der Waals surface area contributed by atoms with E-state index in [1.54, 1.807) is 0 Å². The molecule has 1 unspecified atom stereocenters. The number of hydrogen-bond donors (Lipinski definition) is 1. The lowest BCUT2D eigenvalue weighted by Gasteiger charge is -1.85. The molecular weight excluding hydrogens is 187 g/mol. The highest BCUT2D eigenvalue weighted by Crippen LogP contribution is 2.09. The molecule has 0 aromatic heterocycles. The number of rotatable bonds is 2. The quantitative estimate of drug-likeness (QED) is 0.745. The molecule has 3 nitrogen and oxygen atoms in total. The topological polar surface area (TPSA) is 46.5 Å². The Morgan fingerprint density at radius 1 is 1.46 bits per heavy atom. The van der Waals surface area contributed by atoms with Crippen LogP contribution in [-0.4, -0.2) is 12.0 Å². The number of benzene rings is 1. The molecule has 0 amide bonds. The van der Waals surface area contributed by atoms with Gasteiger partial charge in [0.2, 0.25) is 0 Å². The molecule has 13 heavy (non-hydrogen) atoms. The summed E-state index contributed by atoms with van der Waals surface area (Å²) in [6, 6.07) is 10.0. The maximum atomic E-state index is 9.33. The van der Waals surface area contributed by atoms with Gasteiger partial charge in [-0.1, -0.05) is 43.0 Å². The van der Waals surface area contributed by atoms with Crippen LogP contribution in [0.5, 0.6) is 0 Å². The lowest BCUT2D eigenvalue weighted by atomic mass is 10.2. The van der Waals surface area contributed by atoms with E-state index >= 15 is 0 Å². The van der Waals surface area contributed by atoms with Crippen LogP contribution in [0, 0.1) is 0 Å². The molecule has 1 rings (SSSR count). The molecule has 4 heteroatoms. The second-order valence-electron chi connectivity index (χ2n) is 2.08. The molecular formula is C9H13O3P. The standard InChI is InChI=1S/C8H8.CH5O3P/c1-2-8-6-4-3-5-7-8;1-4-5(2)3/h2-7H,1H2;5H,1H3,(H,2,3). The molecule has 0 aliphatic rings. The third-order valence-electron chi connectivity index (χ3n) is 1.21. The summed E-state index contributed by atoms with van der Waals surface area (Å²) in [7, 11) is -1.44. The van der Waals surface area contributed by atoms with Crippen LogP contribution in [0.15, 0.2) is 36.9 Å². The number of hydrogen-bond acceptors (Lipinski definition) is 2. The van der Waals surface area contributed by atoms with Gasteiger partial charge in [0, 0.05) is 7.11 Å². The van der Waals surface area contributed by atoms with Crippen LogP contribution in [0.2, 0.25) is 0 Å². The van der Waals surface area contributed by atoms with Crippen LogP contribution in [0.1, 0.15) is 5.56 Å². The van der Waals surface area contributed by atoms with Crippen molar-refractivity contribution in [3.63, 3.8) is 0 Å². The van der Waals surface area contributed by atoms with Gasteiger partial charge in [0.25, 0.3) is 0 Å². The average molecular weight is 200 g/mol. The third kappa shape index (κ3) is 7.47. The summed E-state index contributed by atoms with van der Waals surface area (Å²) in [6.07, 6.45) is 1.83. The van der Waals surface area contributed by atoms with Crippen LogP contribution in [0.4, 0.5) is 0 Å². The van der Waals surface area contributed by atoms with Gasteiger partial charge < -0.3 is 9.42 Å². The zero-order chi connectivity index (χ0) is 10.1. The first-order valence-corrected chi connectivity index (χ1v) is 4.91. The SMILES string of the molecule is C=Cc1ccccc1.CO[PH](=O)O. The Kier molecular flexibility index (Phi) is 7.21. The van der Waals surface area contributed by atoms with Crippen molar-refractivity contribution in [2.24, 2.45) is 0 Å². The van der Waals surface area contributed by atoms with Crippen molar-refractivity contribution in [1.82, 2.24) is 0 Å². The molecule has 0 fully saturated rings. The van der Waals surface area contributed by atoms with Gasteiger partial charge in [0.05, 0.1) is 0 Å². The van der Waals surface area contributed by atoms with Gasteiger partial charge in [0.15, 0.2) is 0 Å². The maximum Gasteiger partial charge on any atom is 0.316 e. The Balaban J connectivity index is 0.000000252. The fraction of sp³-hybridized carbons (Fsp3) is 0.111. The summed E-state index contributed by atoms with van der Waals surface area (Å²) in [5.74, 6) is 0. The smallest absolute Gasteiger partial charge is 0.316 e. The van der Waals surface area contributed by atoms with E-state index in [4.69, 9.17) is 4.89 Å². The van der Waals surface area contributed by atoms with E-state index in [2.05, 4.69) is 11.1 Å². The molecule has 0 heterocycles.